The summed E-state index contributed by atoms with van der Waals surface area (Å²) in [5, 5.41) is 0.527. The van der Waals surface area contributed by atoms with Crippen molar-refractivity contribution in [3.8, 4) is 0 Å². The number of rotatable bonds is 6. The van der Waals surface area contributed by atoms with Crippen LogP contribution in [0.25, 0.3) is 0 Å². The molecule has 4 aliphatic rings. The van der Waals surface area contributed by atoms with Crippen LogP contribution in [0.1, 0.15) is 38.5 Å². The molecule has 0 aromatic heterocycles. The van der Waals surface area contributed by atoms with E-state index in [2.05, 4.69) is 4.72 Å². The minimum Gasteiger partial charge on any atom is -0.374 e. The highest BCUT2D eigenvalue weighted by Crippen LogP contribution is 2.57. The maximum atomic E-state index is 12.3. The fraction of sp³-hybridized carbons (Fsp3) is 0.667. The average Bonchev–Trinajstić information content (AvgIpc) is 2.51. The van der Waals surface area contributed by atoms with Gasteiger partial charge in [-0.1, -0.05) is 11.6 Å². The second kappa shape index (κ2) is 6.27. The SMILES string of the molecule is O=S(=O)(NCCOC12CC3CC(CC(C3)C1)C2)c1ccc(Cl)cc1. The highest BCUT2D eigenvalue weighted by molar-refractivity contribution is 7.89. The van der Waals surface area contributed by atoms with Crippen molar-refractivity contribution in [1.29, 1.82) is 0 Å². The molecular weight excluding hydrogens is 346 g/mol. The van der Waals surface area contributed by atoms with Crippen molar-refractivity contribution in [3.63, 3.8) is 0 Å². The number of hydrogen-bond acceptors (Lipinski definition) is 3. The number of ether oxygens (including phenoxy) is 1. The molecule has 0 radical (unpaired) electrons. The van der Waals surface area contributed by atoms with Crippen molar-refractivity contribution < 1.29 is 13.2 Å². The van der Waals surface area contributed by atoms with Gasteiger partial charge in [0, 0.05) is 11.6 Å². The molecule has 4 bridgehead atoms. The maximum absolute atomic E-state index is 12.3. The summed E-state index contributed by atoms with van der Waals surface area (Å²) >= 11 is 5.80. The Labute approximate surface area is 149 Å². The number of benzene rings is 1. The Hall–Kier alpha value is -0.620. The minimum atomic E-state index is -3.49. The first-order valence-electron chi connectivity index (χ1n) is 8.83. The summed E-state index contributed by atoms with van der Waals surface area (Å²) in [5.41, 5.74) is 0.0282. The van der Waals surface area contributed by atoms with E-state index in [1.165, 1.54) is 50.7 Å². The van der Waals surface area contributed by atoms with Gasteiger partial charge in [-0.2, -0.15) is 0 Å². The molecule has 0 heterocycles. The zero-order valence-corrected chi connectivity index (χ0v) is 15.3. The highest BCUT2D eigenvalue weighted by atomic mass is 35.5. The zero-order chi connectivity index (χ0) is 16.8. The van der Waals surface area contributed by atoms with E-state index in [0.29, 0.717) is 18.2 Å². The minimum absolute atomic E-state index is 0.0282. The fourth-order valence-electron chi connectivity index (χ4n) is 5.35. The second-order valence-electron chi connectivity index (χ2n) is 7.80. The molecule has 0 spiro atoms. The van der Waals surface area contributed by atoms with E-state index in [1.54, 1.807) is 12.1 Å². The quantitative estimate of drug-likeness (QED) is 0.779. The summed E-state index contributed by atoms with van der Waals surface area (Å²) in [6.07, 6.45) is 7.65. The van der Waals surface area contributed by atoms with Crippen LogP contribution < -0.4 is 4.72 Å². The first-order valence-corrected chi connectivity index (χ1v) is 10.7. The van der Waals surface area contributed by atoms with Gasteiger partial charge in [-0.25, -0.2) is 13.1 Å². The number of nitrogens with one attached hydrogen (secondary N) is 1. The molecule has 24 heavy (non-hydrogen) atoms. The van der Waals surface area contributed by atoms with E-state index >= 15 is 0 Å². The lowest BCUT2D eigenvalue weighted by atomic mass is 9.54. The summed E-state index contributed by atoms with van der Waals surface area (Å²) < 4.78 is 33.4. The lowest BCUT2D eigenvalue weighted by Crippen LogP contribution is -2.52. The van der Waals surface area contributed by atoms with Crippen LogP contribution >= 0.6 is 11.6 Å². The topological polar surface area (TPSA) is 55.4 Å². The smallest absolute Gasteiger partial charge is 0.240 e. The van der Waals surface area contributed by atoms with Crippen molar-refractivity contribution >= 4 is 21.6 Å². The van der Waals surface area contributed by atoms with E-state index in [0.717, 1.165) is 17.8 Å². The summed E-state index contributed by atoms with van der Waals surface area (Å²) in [6, 6.07) is 6.21. The Bertz CT molecular complexity index is 666. The third-order valence-corrected chi connectivity index (χ3v) is 7.64. The van der Waals surface area contributed by atoms with Crippen LogP contribution in [0, 0.1) is 17.8 Å². The second-order valence-corrected chi connectivity index (χ2v) is 10.0. The molecule has 4 aliphatic carbocycles. The van der Waals surface area contributed by atoms with Gasteiger partial charge in [0.15, 0.2) is 0 Å². The van der Waals surface area contributed by atoms with Crippen LogP contribution in [0.5, 0.6) is 0 Å². The Morgan fingerprint density at radius 2 is 1.58 bits per heavy atom. The van der Waals surface area contributed by atoms with Crippen LogP contribution in [0.3, 0.4) is 0 Å². The molecule has 1 N–H and O–H groups in total. The van der Waals surface area contributed by atoms with Crippen molar-refractivity contribution in [2.45, 2.75) is 49.0 Å². The van der Waals surface area contributed by atoms with E-state index in [4.69, 9.17) is 16.3 Å². The number of halogens is 1. The molecule has 6 heteroatoms. The third-order valence-electron chi connectivity index (χ3n) is 5.91. The van der Waals surface area contributed by atoms with Gasteiger partial charge in [0.05, 0.1) is 17.1 Å². The van der Waals surface area contributed by atoms with E-state index in [-0.39, 0.29) is 10.5 Å². The summed E-state index contributed by atoms with van der Waals surface area (Å²) in [5.74, 6) is 2.51. The van der Waals surface area contributed by atoms with Crippen LogP contribution in [0.4, 0.5) is 0 Å². The molecule has 1 aromatic carbocycles. The van der Waals surface area contributed by atoms with E-state index in [9.17, 15) is 8.42 Å². The van der Waals surface area contributed by atoms with Crippen LogP contribution in [0.2, 0.25) is 5.02 Å². The Morgan fingerprint density at radius 1 is 1.04 bits per heavy atom. The van der Waals surface area contributed by atoms with Crippen LogP contribution in [0.15, 0.2) is 29.2 Å². The lowest BCUT2D eigenvalue weighted by molar-refractivity contribution is -0.160. The van der Waals surface area contributed by atoms with Gasteiger partial charge in [0.2, 0.25) is 10.0 Å². The van der Waals surface area contributed by atoms with Gasteiger partial charge >= 0.3 is 0 Å². The van der Waals surface area contributed by atoms with Gasteiger partial charge < -0.3 is 4.74 Å². The Morgan fingerprint density at radius 3 is 2.12 bits per heavy atom. The lowest BCUT2D eigenvalue weighted by Gasteiger charge is -2.56. The summed E-state index contributed by atoms with van der Waals surface area (Å²) in [7, 11) is -3.49. The van der Waals surface area contributed by atoms with E-state index in [1.807, 2.05) is 0 Å². The molecule has 0 unspecified atom stereocenters. The summed E-state index contributed by atoms with van der Waals surface area (Å²) in [6.45, 7) is 0.756. The van der Waals surface area contributed by atoms with Crippen molar-refractivity contribution in [1.82, 2.24) is 4.72 Å². The van der Waals surface area contributed by atoms with Crippen molar-refractivity contribution in [2.24, 2.45) is 17.8 Å². The van der Waals surface area contributed by atoms with Crippen LogP contribution in [-0.4, -0.2) is 27.2 Å². The van der Waals surface area contributed by atoms with Gasteiger partial charge in [0.1, 0.15) is 0 Å². The maximum Gasteiger partial charge on any atom is 0.240 e. The number of hydrogen-bond donors (Lipinski definition) is 1. The standard InChI is InChI=1S/C18H24ClNO3S/c19-16-1-3-17(4-2-16)24(21,22)20-5-6-23-18-10-13-7-14(11-18)9-15(8-13)12-18/h1-4,13-15,20H,5-12H2. The molecule has 4 fully saturated rings. The molecule has 5 rings (SSSR count). The highest BCUT2D eigenvalue weighted by Gasteiger charge is 2.51. The molecule has 0 saturated heterocycles. The molecule has 4 nitrogen and oxygen atoms in total. The Balaban J connectivity index is 1.31. The third kappa shape index (κ3) is 3.36. The van der Waals surface area contributed by atoms with Gasteiger partial charge in [0.25, 0.3) is 0 Å². The van der Waals surface area contributed by atoms with Gasteiger partial charge in [-0.05, 0) is 80.5 Å². The Kier molecular flexibility index (Phi) is 4.40. The molecule has 0 atom stereocenters. The van der Waals surface area contributed by atoms with Crippen molar-refractivity contribution in [2.75, 3.05) is 13.2 Å². The van der Waals surface area contributed by atoms with Crippen LogP contribution in [-0.2, 0) is 14.8 Å². The summed E-state index contributed by atoms with van der Waals surface area (Å²) in [4.78, 5) is 0.238. The zero-order valence-electron chi connectivity index (χ0n) is 13.7. The molecule has 0 aliphatic heterocycles. The molecular formula is C18H24ClNO3S. The monoisotopic (exact) mass is 369 g/mol. The van der Waals surface area contributed by atoms with Gasteiger partial charge in [-0.3, -0.25) is 0 Å². The normalized spacial score (nSPS) is 34.6. The molecule has 0 amide bonds. The van der Waals surface area contributed by atoms with Crippen molar-refractivity contribution in [3.05, 3.63) is 29.3 Å². The number of sulfonamides is 1. The first kappa shape index (κ1) is 16.8. The molecule has 132 valence electrons. The predicted octanol–water partition coefficient (Wildman–Crippen LogP) is 3.60. The first-order chi connectivity index (χ1) is 11.4. The van der Waals surface area contributed by atoms with Gasteiger partial charge in [-0.15, -0.1) is 0 Å². The predicted molar refractivity (Wildman–Crippen MR) is 93.5 cm³/mol. The molecule has 1 aromatic rings. The molecule has 4 saturated carbocycles. The average molecular weight is 370 g/mol. The largest absolute Gasteiger partial charge is 0.374 e. The fourth-order valence-corrected chi connectivity index (χ4v) is 6.49. The van der Waals surface area contributed by atoms with E-state index < -0.39 is 10.0 Å².